The van der Waals surface area contributed by atoms with Gasteiger partial charge in [0.15, 0.2) is 5.13 Å². The van der Waals surface area contributed by atoms with Crippen LogP contribution < -0.4 is 9.64 Å². The average molecular weight is 517 g/mol. The molecular formula is C25H29ClN4O4S. The molecule has 1 aliphatic heterocycles. The molecule has 0 bridgehead atoms. The van der Waals surface area contributed by atoms with Gasteiger partial charge in [-0.05, 0) is 44.3 Å². The molecule has 4 rings (SSSR count). The molecule has 0 atom stereocenters. The first kappa shape index (κ1) is 26.6. The normalized spacial score (nSPS) is 12.7. The molecule has 10 heteroatoms. The number of para-hydroxylation sites is 1. The summed E-state index contributed by atoms with van der Waals surface area (Å²) < 4.78 is 6.62. The van der Waals surface area contributed by atoms with Gasteiger partial charge in [0, 0.05) is 13.1 Å². The van der Waals surface area contributed by atoms with Crippen molar-refractivity contribution in [1.82, 2.24) is 14.8 Å². The van der Waals surface area contributed by atoms with Gasteiger partial charge in [0.05, 0.1) is 22.4 Å². The average Bonchev–Trinajstić information content (AvgIpc) is 3.38. The summed E-state index contributed by atoms with van der Waals surface area (Å²) in [5, 5.41) is 0.524. The fraction of sp³-hybridized carbons (Fsp3) is 0.360. The third kappa shape index (κ3) is 5.32. The maximum Gasteiger partial charge on any atom is 0.262 e. The van der Waals surface area contributed by atoms with Gasteiger partial charge in [-0.3, -0.25) is 24.2 Å². The maximum absolute atomic E-state index is 13.5. The van der Waals surface area contributed by atoms with Gasteiger partial charge in [0.1, 0.15) is 17.8 Å². The van der Waals surface area contributed by atoms with Gasteiger partial charge < -0.3 is 9.64 Å². The molecule has 0 aliphatic carbocycles. The summed E-state index contributed by atoms with van der Waals surface area (Å²) in [6.45, 7) is 8.98. The Morgan fingerprint density at radius 2 is 1.63 bits per heavy atom. The summed E-state index contributed by atoms with van der Waals surface area (Å²) in [5.41, 5.74) is 1.36. The first-order chi connectivity index (χ1) is 16.5. The van der Waals surface area contributed by atoms with Gasteiger partial charge in [0.2, 0.25) is 5.91 Å². The molecular weight excluding hydrogens is 488 g/mol. The van der Waals surface area contributed by atoms with E-state index in [4.69, 9.17) is 9.72 Å². The fourth-order valence-electron chi connectivity index (χ4n) is 4.01. The molecule has 1 aromatic heterocycles. The number of carbonyl (C=O) groups is 3. The third-order valence-corrected chi connectivity index (χ3v) is 6.95. The summed E-state index contributed by atoms with van der Waals surface area (Å²) >= 11 is 1.39. The van der Waals surface area contributed by atoms with Crippen molar-refractivity contribution in [2.45, 2.75) is 20.8 Å². The molecule has 1 aliphatic rings. The Bertz CT molecular complexity index is 1190. The Morgan fingerprint density at radius 3 is 2.23 bits per heavy atom. The van der Waals surface area contributed by atoms with Crippen LogP contribution in [0.3, 0.4) is 0 Å². The van der Waals surface area contributed by atoms with Gasteiger partial charge in [-0.15, -0.1) is 12.4 Å². The Morgan fingerprint density at radius 1 is 0.971 bits per heavy atom. The number of rotatable bonds is 10. The summed E-state index contributed by atoms with van der Waals surface area (Å²) in [5.74, 6) is -0.571. The van der Waals surface area contributed by atoms with Crippen molar-refractivity contribution in [2.75, 3.05) is 44.2 Å². The molecule has 2 aromatic carbocycles. The number of anilines is 1. The second-order valence-electron chi connectivity index (χ2n) is 7.85. The van der Waals surface area contributed by atoms with E-state index in [2.05, 4.69) is 18.7 Å². The molecule has 3 amide bonds. The highest BCUT2D eigenvalue weighted by Gasteiger charge is 2.37. The van der Waals surface area contributed by atoms with Gasteiger partial charge in [-0.25, -0.2) is 4.98 Å². The SMILES string of the molecule is CCOc1cccc2sc(N(CCN(CC)CC)C(=O)CN3C(=O)c4ccccc4C3=O)nc12.Cl. The number of thiazole rings is 1. The quantitative estimate of drug-likeness (QED) is 0.377. The van der Waals surface area contributed by atoms with Crippen LogP contribution in [0.25, 0.3) is 10.2 Å². The lowest BCUT2D eigenvalue weighted by atomic mass is 10.1. The van der Waals surface area contributed by atoms with Gasteiger partial charge in [-0.1, -0.05) is 43.4 Å². The number of ether oxygens (including phenoxy) is 1. The van der Waals surface area contributed by atoms with Crippen LogP contribution in [0.1, 0.15) is 41.5 Å². The number of hydrogen-bond donors (Lipinski definition) is 0. The lowest BCUT2D eigenvalue weighted by molar-refractivity contribution is -0.119. The van der Waals surface area contributed by atoms with Crippen LogP contribution >= 0.6 is 23.7 Å². The molecule has 8 nitrogen and oxygen atoms in total. The summed E-state index contributed by atoms with van der Waals surface area (Å²) in [7, 11) is 0. The van der Waals surface area contributed by atoms with E-state index in [1.807, 2.05) is 25.1 Å². The van der Waals surface area contributed by atoms with Gasteiger partial charge in [0.25, 0.3) is 11.8 Å². The molecule has 0 radical (unpaired) electrons. The molecule has 0 saturated carbocycles. The van der Waals surface area contributed by atoms with Crippen molar-refractivity contribution in [3.05, 3.63) is 53.6 Å². The molecule has 2 heterocycles. The smallest absolute Gasteiger partial charge is 0.262 e. The van der Waals surface area contributed by atoms with Crippen LogP contribution in [0.5, 0.6) is 5.75 Å². The van der Waals surface area contributed by atoms with E-state index in [9.17, 15) is 14.4 Å². The third-order valence-electron chi connectivity index (χ3n) is 5.91. The van der Waals surface area contributed by atoms with E-state index in [-0.39, 0.29) is 24.9 Å². The van der Waals surface area contributed by atoms with E-state index in [1.165, 1.54) is 11.3 Å². The zero-order valence-corrected chi connectivity index (χ0v) is 21.7. The van der Waals surface area contributed by atoms with Crippen LogP contribution in [0.15, 0.2) is 42.5 Å². The Hall–Kier alpha value is -3.01. The van der Waals surface area contributed by atoms with Crippen LogP contribution in [-0.4, -0.2) is 71.8 Å². The molecule has 3 aromatic rings. The molecule has 186 valence electrons. The number of nitrogens with zero attached hydrogens (tertiary/aromatic N) is 4. The lowest BCUT2D eigenvalue weighted by Crippen LogP contribution is -2.45. The zero-order chi connectivity index (χ0) is 24.2. The Labute approximate surface area is 214 Å². The highest BCUT2D eigenvalue weighted by atomic mass is 35.5. The number of aromatic nitrogens is 1. The van der Waals surface area contributed by atoms with Crippen LogP contribution in [-0.2, 0) is 4.79 Å². The number of halogens is 1. The summed E-state index contributed by atoms with van der Waals surface area (Å²) in [6, 6.07) is 12.3. The van der Waals surface area contributed by atoms with Crippen molar-refractivity contribution in [2.24, 2.45) is 0 Å². The molecule has 0 saturated heterocycles. The molecule has 0 spiro atoms. The van der Waals surface area contributed by atoms with E-state index in [1.54, 1.807) is 29.2 Å². The monoisotopic (exact) mass is 516 g/mol. The van der Waals surface area contributed by atoms with Crippen molar-refractivity contribution in [3.63, 3.8) is 0 Å². The van der Waals surface area contributed by atoms with Crippen molar-refractivity contribution in [1.29, 1.82) is 0 Å². The number of carbonyl (C=O) groups excluding carboxylic acids is 3. The van der Waals surface area contributed by atoms with E-state index < -0.39 is 11.8 Å². The Balaban J connectivity index is 0.00000342. The van der Waals surface area contributed by atoms with E-state index in [0.717, 1.165) is 22.7 Å². The topological polar surface area (TPSA) is 83.0 Å². The van der Waals surface area contributed by atoms with Crippen molar-refractivity contribution < 1.29 is 19.1 Å². The minimum Gasteiger partial charge on any atom is -0.492 e. The maximum atomic E-state index is 13.5. The summed E-state index contributed by atoms with van der Waals surface area (Å²) in [4.78, 5) is 48.7. The van der Waals surface area contributed by atoms with Crippen LogP contribution in [0, 0.1) is 0 Å². The summed E-state index contributed by atoms with van der Waals surface area (Å²) in [6.07, 6.45) is 0. The lowest BCUT2D eigenvalue weighted by Gasteiger charge is -2.26. The number of fused-ring (bicyclic) bond motifs is 2. The fourth-order valence-corrected chi connectivity index (χ4v) is 5.04. The predicted octanol–water partition coefficient (Wildman–Crippen LogP) is 4.09. The molecule has 0 fully saturated rings. The molecule has 0 unspecified atom stereocenters. The highest BCUT2D eigenvalue weighted by Crippen LogP contribution is 2.34. The van der Waals surface area contributed by atoms with E-state index >= 15 is 0 Å². The highest BCUT2D eigenvalue weighted by molar-refractivity contribution is 7.22. The van der Waals surface area contributed by atoms with E-state index in [0.29, 0.717) is 47.2 Å². The number of amides is 3. The standard InChI is InChI=1S/C25H28N4O4S.ClH/c1-4-27(5-2)14-15-28(25-26-22-19(33-6-3)12-9-13-20(22)34-25)21(30)16-29-23(31)17-10-7-8-11-18(17)24(29)32;/h7-13H,4-6,14-16H2,1-3H3;1H. The molecule has 35 heavy (non-hydrogen) atoms. The van der Waals surface area contributed by atoms with Crippen LogP contribution in [0.4, 0.5) is 5.13 Å². The second-order valence-corrected chi connectivity index (χ2v) is 8.86. The number of hydrogen-bond acceptors (Lipinski definition) is 7. The largest absolute Gasteiger partial charge is 0.492 e. The van der Waals surface area contributed by atoms with Gasteiger partial charge >= 0.3 is 0 Å². The Kier molecular flexibility index (Phi) is 8.82. The predicted molar refractivity (Wildman–Crippen MR) is 140 cm³/mol. The minimum absolute atomic E-state index is 0. The van der Waals surface area contributed by atoms with Crippen molar-refractivity contribution in [3.8, 4) is 5.75 Å². The number of benzene rings is 2. The first-order valence-corrected chi connectivity index (χ1v) is 12.3. The van der Waals surface area contributed by atoms with Crippen molar-refractivity contribution >= 4 is 56.8 Å². The van der Waals surface area contributed by atoms with Gasteiger partial charge in [-0.2, -0.15) is 0 Å². The molecule has 0 N–H and O–H groups in total. The number of likely N-dealkylation sites (N-methyl/N-ethyl adjacent to an activating group) is 1. The number of imide groups is 1. The van der Waals surface area contributed by atoms with Crippen LogP contribution in [0.2, 0.25) is 0 Å². The minimum atomic E-state index is -0.444. The second kappa shape index (κ2) is 11.6. The zero-order valence-electron chi connectivity index (χ0n) is 20.0. The first-order valence-electron chi connectivity index (χ1n) is 11.5.